The number of aliphatic hydroxyl groups excluding tert-OH is 2. The summed E-state index contributed by atoms with van der Waals surface area (Å²) in [6, 6.07) is 9.40. The lowest BCUT2D eigenvalue weighted by Gasteiger charge is -2.48. The molecule has 0 aliphatic carbocycles. The summed E-state index contributed by atoms with van der Waals surface area (Å²) >= 11 is 0. The molecule has 0 amide bonds. The van der Waals surface area contributed by atoms with Gasteiger partial charge < -0.3 is 82.7 Å². The Morgan fingerprint density at radius 2 is 1.57 bits per heavy atom. The Hall–Kier alpha value is -2.22. The van der Waals surface area contributed by atoms with E-state index in [4.69, 9.17) is 4.74 Å². The molecule has 1 aliphatic heterocycles. The minimum absolute atomic E-state index is 0. The smallest absolute Gasteiger partial charge is 0.184 e. The van der Waals surface area contributed by atoms with Gasteiger partial charge in [0.25, 0.3) is 0 Å². The summed E-state index contributed by atoms with van der Waals surface area (Å²) in [6.45, 7) is -7.35. The molecule has 1 fully saturated rings. The average Bonchev–Trinajstić information content (AvgIpc) is 3.37. The number of anilines is 1. The molecular weight excluding hydrogens is 599 g/mol. The number of hydrogen-bond acceptors (Lipinski definition) is 15. The van der Waals surface area contributed by atoms with Crippen molar-refractivity contribution in [3.63, 3.8) is 0 Å². The normalized spacial score (nSPS) is 23.4. The van der Waals surface area contributed by atoms with Crippen LogP contribution in [0.5, 0.6) is 0 Å². The summed E-state index contributed by atoms with van der Waals surface area (Å²) in [6.07, 6.45) is -4.02. The van der Waals surface area contributed by atoms with Gasteiger partial charge in [-0.15, -0.1) is 0 Å². The van der Waals surface area contributed by atoms with Gasteiger partial charge >= 0.3 is 0 Å². The maximum Gasteiger partial charge on any atom is 0.184 e. The van der Waals surface area contributed by atoms with Crippen molar-refractivity contribution < 1.29 is 52.7 Å². The van der Waals surface area contributed by atoms with Gasteiger partial charge in [-0.3, -0.25) is 4.57 Å². The number of fused-ring (bicyclic) bond motifs is 1. The lowest BCUT2D eigenvalue weighted by molar-refractivity contribution is -0.311. The number of hydrogen-bond donors (Lipinski definition) is 7. The van der Waals surface area contributed by atoms with E-state index in [9.17, 15) is 43.5 Å². The second kappa shape index (κ2) is 14.1. The first kappa shape index (κ1) is 37.8. The molecular formula is C17H34N9O11P3. The maximum atomic E-state index is 11.7. The third-order valence-electron chi connectivity index (χ3n) is 5.29. The van der Waals surface area contributed by atoms with E-state index in [0.29, 0.717) is 12.4 Å². The molecule has 23 heteroatoms. The van der Waals surface area contributed by atoms with E-state index in [2.05, 4.69) is 24.8 Å². The van der Waals surface area contributed by atoms with Crippen molar-refractivity contribution in [2.45, 2.75) is 31.1 Å². The molecule has 228 valence electrons. The summed E-state index contributed by atoms with van der Waals surface area (Å²) in [5.41, 5.74) is 1.43. The quantitative estimate of drug-likeness (QED) is 0.146. The molecule has 3 aromatic rings. The molecule has 20 nitrogen and oxygen atoms in total. The van der Waals surface area contributed by atoms with Crippen molar-refractivity contribution in [3.8, 4) is 0 Å². The zero-order chi connectivity index (χ0) is 26.3. The molecule has 2 aromatic heterocycles. The molecule has 1 aromatic carbocycles. The number of aliphatic hydroxyl groups is 2. The van der Waals surface area contributed by atoms with Crippen molar-refractivity contribution >= 4 is 38.3 Å². The lowest BCUT2D eigenvalue weighted by Crippen LogP contribution is -2.34. The number of quaternary nitrogens is 4. The fraction of sp³-hybridized carbons (Fsp3) is 0.353. The van der Waals surface area contributed by atoms with Gasteiger partial charge in [0, 0.05) is 6.54 Å². The number of ether oxygens (including phenoxy) is 1. The van der Waals surface area contributed by atoms with Crippen LogP contribution in [-0.2, 0) is 29.5 Å². The van der Waals surface area contributed by atoms with Crippen LogP contribution in [0.2, 0.25) is 0 Å². The highest BCUT2D eigenvalue weighted by Gasteiger charge is 2.45. The van der Waals surface area contributed by atoms with Crippen molar-refractivity contribution in [3.05, 3.63) is 48.5 Å². The van der Waals surface area contributed by atoms with Crippen molar-refractivity contribution in [2.24, 2.45) is 0 Å². The van der Waals surface area contributed by atoms with Crippen LogP contribution in [-0.4, -0.2) is 54.7 Å². The molecule has 1 saturated heterocycles. The first-order valence-corrected chi connectivity index (χ1v) is 16.2. The number of aromatic nitrogens is 4. The van der Waals surface area contributed by atoms with Crippen molar-refractivity contribution in [2.75, 3.05) is 11.9 Å². The Balaban J connectivity index is 0.00000380. The van der Waals surface area contributed by atoms with Crippen molar-refractivity contribution in [1.29, 1.82) is 0 Å². The second-order valence-electron chi connectivity index (χ2n) is 7.66. The average molecular weight is 633 g/mol. The fourth-order valence-corrected chi connectivity index (χ4v) is 8.49. The monoisotopic (exact) mass is 633 g/mol. The van der Waals surface area contributed by atoms with E-state index in [1.54, 1.807) is 0 Å². The predicted molar refractivity (Wildman–Crippen MR) is 138 cm³/mol. The number of imidazole rings is 1. The third-order valence-corrected chi connectivity index (χ3v) is 15.0. The lowest BCUT2D eigenvalue weighted by atomic mass is 10.1. The highest BCUT2D eigenvalue weighted by atomic mass is 32.5. The summed E-state index contributed by atoms with van der Waals surface area (Å²) < 4.78 is 44.8. The summed E-state index contributed by atoms with van der Waals surface area (Å²) in [5.74, 6) is 0.355. The predicted octanol–water partition coefficient (Wildman–Crippen LogP) is -0.485. The molecule has 6 atom stereocenters. The van der Waals surface area contributed by atoms with Crippen LogP contribution in [0, 0.1) is 0 Å². The number of benzene rings is 1. The van der Waals surface area contributed by atoms with E-state index in [1.165, 1.54) is 17.2 Å². The van der Waals surface area contributed by atoms with Crippen LogP contribution >= 0.6 is 21.3 Å². The zero-order valence-electron chi connectivity index (χ0n) is 22.0. The molecule has 0 bridgehead atoms. The van der Waals surface area contributed by atoms with Gasteiger partial charge in [-0.1, -0.05) is 30.3 Å². The largest absolute Gasteiger partial charge is 0.806 e. The summed E-state index contributed by atoms with van der Waals surface area (Å²) in [5, 5.41) is 23.8. The standard InChI is InChI=1S/C17H22N5O11P3.4H3N/c23-13-11(7-32-35(28,29)36(30,31)34(25,26)27)33-17(14(13)24)22-9-21-12-15(19-8-20-16(12)22)18-6-10-4-2-1-3-5-10;;;;/h1-5,8-9,11,13-14,17,23-24H,6-7H2,(H,28,29)(H,30,31)(H,18,19,20)(H2,25,26,27);4*1H3/t11-,13-,14-,17-;;;;/m1..../s1. The molecule has 2 unspecified atom stereocenters. The molecule has 3 heterocycles. The van der Waals surface area contributed by atoms with Crippen LogP contribution in [0.25, 0.3) is 11.2 Å². The molecule has 0 spiro atoms. The third kappa shape index (κ3) is 7.15. The SMILES string of the molecule is O=P([O-])([O-])P(=O)([O-])P(=O)([O-])OC[C@H]1O[C@@H](n2cnc3c(NCc4ccccc4)ncnc32)[C@H](O)[C@@H]1O.[NH4+].[NH4+].[NH4+].[NH4+]. The molecule has 4 rings (SSSR count). The molecule has 40 heavy (non-hydrogen) atoms. The van der Waals surface area contributed by atoms with Crippen LogP contribution in [0.3, 0.4) is 0 Å². The Bertz CT molecular complexity index is 1390. The number of nitrogens with one attached hydrogen (secondary N) is 1. The summed E-state index contributed by atoms with van der Waals surface area (Å²) in [7, 11) is -12.8. The van der Waals surface area contributed by atoms with Crippen LogP contribution in [0.1, 0.15) is 11.8 Å². The van der Waals surface area contributed by atoms with E-state index in [-0.39, 0.29) is 35.8 Å². The molecule has 1 aliphatic rings. The highest BCUT2D eigenvalue weighted by Crippen LogP contribution is 2.87. The van der Waals surface area contributed by atoms with Gasteiger partial charge in [0.05, 0.1) is 12.9 Å². The topological polar surface area (TPSA) is 404 Å². The minimum atomic E-state index is -6.57. The first-order chi connectivity index (χ1) is 16.8. The van der Waals surface area contributed by atoms with Gasteiger partial charge in [0.15, 0.2) is 30.5 Å². The minimum Gasteiger partial charge on any atom is -0.806 e. The Kier molecular flexibility index (Phi) is 13.3. The van der Waals surface area contributed by atoms with E-state index < -0.39 is 52.5 Å². The van der Waals surface area contributed by atoms with E-state index >= 15 is 0 Å². The van der Waals surface area contributed by atoms with Crippen molar-refractivity contribution in [1.82, 2.24) is 44.1 Å². The number of nitrogens with zero attached hydrogens (tertiary/aromatic N) is 4. The van der Waals surface area contributed by atoms with Gasteiger partial charge in [-0.25, -0.2) is 15.0 Å². The second-order valence-corrected chi connectivity index (χ2v) is 17.8. The van der Waals surface area contributed by atoms with Gasteiger partial charge in [-0.05, 0) is 12.8 Å². The van der Waals surface area contributed by atoms with Gasteiger partial charge in [0.1, 0.15) is 31.4 Å². The fourth-order valence-electron chi connectivity index (χ4n) is 3.42. The van der Waals surface area contributed by atoms with E-state index in [0.717, 1.165) is 5.56 Å². The molecule has 19 N–H and O–H groups in total. The Morgan fingerprint density at radius 1 is 0.950 bits per heavy atom. The Morgan fingerprint density at radius 3 is 2.17 bits per heavy atom. The maximum absolute atomic E-state index is 11.7. The summed E-state index contributed by atoms with van der Waals surface area (Å²) in [4.78, 5) is 57.2. The molecule has 0 radical (unpaired) electrons. The molecule has 0 saturated carbocycles. The van der Waals surface area contributed by atoms with Crippen LogP contribution in [0.4, 0.5) is 5.82 Å². The van der Waals surface area contributed by atoms with Gasteiger partial charge in [-0.2, -0.15) is 0 Å². The van der Waals surface area contributed by atoms with Crippen LogP contribution in [0.15, 0.2) is 43.0 Å². The van der Waals surface area contributed by atoms with Gasteiger partial charge in [0.2, 0.25) is 0 Å². The number of rotatable bonds is 9. The Labute approximate surface area is 227 Å². The van der Waals surface area contributed by atoms with Crippen LogP contribution < -0.4 is 49.5 Å². The van der Waals surface area contributed by atoms with E-state index in [1.807, 2.05) is 30.3 Å². The highest BCUT2D eigenvalue weighted by molar-refractivity contribution is 8.58. The first-order valence-electron chi connectivity index (χ1n) is 10.1. The zero-order valence-corrected chi connectivity index (χ0v) is 24.6.